The van der Waals surface area contributed by atoms with Gasteiger partial charge in [-0.1, -0.05) is 30.8 Å². The van der Waals surface area contributed by atoms with Gasteiger partial charge in [-0.2, -0.15) is 0 Å². The number of hydrogen-bond acceptors (Lipinski definition) is 5. The van der Waals surface area contributed by atoms with E-state index in [1.165, 1.54) is 0 Å². The van der Waals surface area contributed by atoms with Crippen molar-refractivity contribution in [3.05, 3.63) is 48.6 Å². The van der Waals surface area contributed by atoms with Crippen molar-refractivity contribution in [2.45, 2.75) is 6.92 Å². The molecule has 5 nitrogen and oxygen atoms in total. The lowest BCUT2D eigenvalue weighted by molar-refractivity contribution is -0.140. The number of rotatable bonds is 8. The lowest BCUT2D eigenvalue weighted by Gasteiger charge is -2.11. The fourth-order valence-corrected chi connectivity index (χ4v) is 2.01. The van der Waals surface area contributed by atoms with Gasteiger partial charge in [-0.05, 0) is 19.1 Å². The zero-order chi connectivity index (χ0) is 16.7. The molecular formula is C18H20O5. The first-order chi connectivity index (χ1) is 11.1. The number of aromatic hydroxyl groups is 1. The lowest BCUT2D eigenvalue weighted by atomic mass is 10.1. The molecule has 0 atom stereocenters. The quantitative estimate of drug-likeness (QED) is 0.461. The average Bonchev–Trinajstić information content (AvgIpc) is 2.55. The molecular weight excluding hydrogens is 296 g/mol. The van der Waals surface area contributed by atoms with E-state index >= 15 is 0 Å². The summed E-state index contributed by atoms with van der Waals surface area (Å²) in [6.07, 6.45) is 0. The van der Waals surface area contributed by atoms with Crippen LogP contribution in [-0.4, -0.2) is 37.5 Å². The predicted octanol–water partition coefficient (Wildman–Crippen LogP) is 3.06. The summed E-state index contributed by atoms with van der Waals surface area (Å²) in [4.78, 5) is 11.1. The van der Waals surface area contributed by atoms with E-state index in [4.69, 9.17) is 14.2 Å². The molecule has 2 rings (SSSR count). The Labute approximate surface area is 135 Å². The van der Waals surface area contributed by atoms with Gasteiger partial charge >= 0.3 is 5.97 Å². The molecule has 0 bridgehead atoms. The van der Waals surface area contributed by atoms with Crippen molar-refractivity contribution in [2.75, 3.05) is 26.4 Å². The Morgan fingerprint density at radius 1 is 1.04 bits per heavy atom. The van der Waals surface area contributed by atoms with Gasteiger partial charge in [-0.25, -0.2) is 4.79 Å². The van der Waals surface area contributed by atoms with Crippen LogP contribution < -0.4 is 4.74 Å². The fraction of sp³-hybridized carbons (Fsp3) is 0.278. The number of hydrogen-bond donors (Lipinski definition) is 1. The molecule has 0 heterocycles. The van der Waals surface area contributed by atoms with E-state index in [0.717, 1.165) is 10.8 Å². The number of carbonyl (C=O) groups is 1. The Morgan fingerprint density at radius 2 is 1.74 bits per heavy atom. The minimum Gasteiger partial charge on any atom is -0.507 e. The van der Waals surface area contributed by atoms with Crippen LogP contribution >= 0.6 is 0 Å². The Bertz CT molecular complexity index is 693. The molecule has 0 aromatic heterocycles. The van der Waals surface area contributed by atoms with Crippen molar-refractivity contribution in [1.29, 1.82) is 0 Å². The maximum absolute atomic E-state index is 11.1. The van der Waals surface area contributed by atoms with Gasteiger partial charge in [-0.3, -0.25) is 0 Å². The second-order valence-electron chi connectivity index (χ2n) is 5.01. The number of carbonyl (C=O) groups excluding carboxylic acids is 1. The van der Waals surface area contributed by atoms with E-state index in [0.29, 0.717) is 31.1 Å². The summed E-state index contributed by atoms with van der Waals surface area (Å²) >= 11 is 0. The molecule has 0 saturated heterocycles. The topological polar surface area (TPSA) is 65.0 Å². The molecule has 2 aromatic rings. The highest BCUT2D eigenvalue weighted by Crippen LogP contribution is 2.31. The second kappa shape index (κ2) is 8.19. The van der Waals surface area contributed by atoms with E-state index in [-0.39, 0.29) is 12.4 Å². The number of ether oxygens (including phenoxy) is 3. The molecule has 0 aliphatic rings. The SMILES string of the molecule is C=C(C)C(=O)OCCOCCOc1ccc(O)c2ccccc12. The summed E-state index contributed by atoms with van der Waals surface area (Å²) in [7, 11) is 0. The van der Waals surface area contributed by atoms with E-state index in [2.05, 4.69) is 6.58 Å². The molecule has 0 aliphatic heterocycles. The van der Waals surface area contributed by atoms with Crippen molar-refractivity contribution in [1.82, 2.24) is 0 Å². The molecule has 0 fully saturated rings. The smallest absolute Gasteiger partial charge is 0.333 e. The summed E-state index contributed by atoms with van der Waals surface area (Å²) in [6, 6.07) is 10.8. The highest BCUT2D eigenvalue weighted by molar-refractivity contribution is 5.92. The summed E-state index contributed by atoms with van der Waals surface area (Å²) in [6.45, 7) is 6.32. The number of phenols is 1. The summed E-state index contributed by atoms with van der Waals surface area (Å²) in [5.41, 5.74) is 0.368. The Morgan fingerprint density at radius 3 is 2.48 bits per heavy atom. The third-order valence-electron chi connectivity index (χ3n) is 3.16. The second-order valence-corrected chi connectivity index (χ2v) is 5.01. The van der Waals surface area contributed by atoms with Crippen LogP contribution in [0.2, 0.25) is 0 Å². The highest BCUT2D eigenvalue weighted by Gasteiger charge is 2.06. The van der Waals surface area contributed by atoms with Crippen LogP contribution in [0, 0.1) is 0 Å². The van der Waals surface area contributed by atoms with Crippen molar-refractivity contribution in [3.8, 4) is 11.5 Å². The lowest BCUT2D eigenvalue weighted by Crippen LogP contribution is -2.13. The van der Waals surface area contributed by atoms with E-state index in [1.54, 1.807) is 19.1 Å². The molecule has 2 aromatic carbocycles. The average molecular weight is 316 g/mol. The van der Waals surface area contributed by atoms with Gasteiger partial charge in [0.1, 0.15) is 24.7 Å². The maximum Gasteiger partial charge on any atom is 0.333 e. The molecule has 0 spiro atoms. The van der Waals surface area contributed by atoms with Gasteiger partial charge in [0, 0.05) is 16.3 Å². The van der Waals surface area contributed by atoms with E-state index in [1.807, 2.05) is 24.3 Å². The number of benzene rings is 2. The molecule has 0 unspecified atom stereocenters. The van der Waals surface area contributed by atoms with Crippen LogP contribution in [0.4, 0.5) is 0 Å². The van der Waals surface area contributed by atoms with Crippen LogP contribution in [0.25, 0.3) is 10.8 Å². The van der Waals surface area contributed by atoms with Crippen LogP contribution in [0.1, 0.15) is 6.92 Å². The first kappa shape index (κ1) is 16.8. The summed E-state index contributed by atoms with van der Waals surface area (Å²) in [5.74, 6) is 0.500. The van der Waals surface area contributed by atoms with Crippen LogP contribution in [0.5, 0.6) is 11.5 Å². The first-order valence-corrected chi connectivity index (χ1v) is 7.33. The molecule has 0 amide bonds. The van der Waals surface area contributed by atoms with Crippen LogP contribution in [0.15, 0.2) is 48.6 Å². The normalized spacial score (nSPS) is 10.5. The molecule has 1 N–H and O–H groups in total. The third kappa shape index (κ3) is 4.72. The molecule has 0 aliphatic carbocycles. The molecule has 23 heavy (non-hydrogen) atoms. The van der Waals surface area contributed by atoms with Crippen LogP contribution in [-0.2, 0) is 14.3 Å². The zero-order valence-corrected chi connectivity index (χ0v) is 13.1. The van der Waals surface area contributed by atoms with Crippen molar-refractivity contribution in [3.63, 3.8) is 0 Å². The minimum atomic E-state index is -0.416. The molecule has 5 heteroatoms. The van der Waals surface area contributed by atoms with E-state index in [9.17, 15) is 9.90 Å². The molecule has 0 radical (unpaired) electrons. The van der Waals surface area contributed by atoms with Gasteiger partial charge in [0.2, 0.25) is 0 Å². The Hall–Kier alpha value is -2.53. The van der Waals surface area contributed by atoms with Crippen LogP contribution in [0.3, 0.4) is 0 Å². The fourth-order valence-electron chi connectivity index (χ4n) is 2.01. The molecule has 122 valence electrons. The van der Waals surface area contributed by atoms with Gasteiger partial charge in [0.05, 0.1) is 13.2 Å². The predicted molar refractivity (Wildman–Crippen MR) is 87.7 cm³/mol. The van der Waals surface area contributed by atoms with Gasteiger partial charge in [0.15, 0.2) is 0 Å². The third-order valence-corrected chi connectivity index (χ3v) is 3.16. The van der Waals surface area contributed by atoms with Crippen molar-refractivity contribution in [2.24, 2.45) is 0 Å². The van der Waals surface area contributed by atoms with Gasteiger partial charge in [0.25, 0.3) is 0 Å². The van der Waals surface area contributed by atoms with Gasteiger partial charge in [-0.15, -0.1) is 0 Å². The summed E-state index contributed by atoms with van der Waals surface area (Å²) < 4.78 is 15.9. The van der Waals surface area contributed by atoms with Gasteiger partial charge < -0.3 is 19.3 Å². The van der Waals surface area contributed by atoms with Crippen molar-refractivity contribution < 1.29 is 24.1 Å². The Kier molecular flexibility index (Phi) is 6.00. The maximum atomic E-state index is 11.1. The van der Waals surface area contributed by atoms with E-state index < -0.39 is 5.97 Å². The zero-order valence-electron chi connectivity index (χ0n) is 13.1. The standard InChI is InChI=1S/C18H20O5/c1-13(2)18(20)23-12-10-21-9-11-22-17-8-7-16(19)14-5-3-4-6-15(14)17/h3-8,19H,1,9-12H2,2H3. The monoisotopic (exact) mass is 316 g/mol. The van der Waals surface area contributed by atoms with Crippen molar-refractivity contribution >= 4 is 16.7 Å². The number of phenolic OH excluding ortho intramolecular Hbond substituents is 1. The Balaban J connectivity index is 1.74. The largest absolute Gasteiger partial charge is 0.507 e. The summed E-state index contributed by atoms with van der Waals surface area (Å²) in [5, 5.41) is 11.4. The highest BCUT2D eigenvalue weighted by atomic mass is 16.6. The number of esters is 1. The minimum absolute atomic E-state index is 0.188. The molecule has 0 saturated carbocycles. The first-order valence-electron chi connectivity index (χ1n) is 7.33. The number of fused-ring (bicyclic) bond motifs is 1.